The number of ether oxygens (including phenoxy) is 3. The molecule has 1 aliphatic rings. The van der Waals surface area contributed by atoms with Crippen LogP contribution in [0.25, 0.3) is 0 Å². The fourth-order valence-corrected chi connectivity index (χ4v) is 2.13. The minimum atomic E-state index is -0.344. The van der Waals surface area contributed by atoms with Gasteiger partial charge in [0.15, 0.2) is 11.5 Å². The van der Waals surface area contributed by atoms with Gasteiger partial charge in [0.05, 0.1) is 7.11 Å². The Morgan fingerprint density at radius 3 is 2.86 bits per heavy atom. The van der Waals surface area contributed by atoms with Crippen molar-refractivity contribution in [3.8, 4) is 17.2 Å². The minimum Gasteiger partial charge on any atom is -0.496 e. The van der Waals surface area contributed by atoms with Gasteiger partial charge in [0.2, 0.25) is 6.79 Å². The lowest BCUT2D eigenvalue weighted by atomic mass is 10.1. The van der Waals surface area contributed by atoms with Crippen molar-refractivity contribution in [3.05, 3.63) is 42.0 Å². The fourth-order valence-electron chi connectivity index (χ4n) is 2.13. The number of fused-ring (bicyclic) bond motifs is 1. The fraction of sp³-hybridized carbons (Fsp3) is 0.133. The van der Waals surface area contributed by atoms with Crippen LogP contribution in [0.2, 0.25) is 0 Å². The molecule has 1 aliphatic heterocycles. The van der Waals surface area contributed by atoms with E-state index in [-0.39, 0.29) is 12.7 Å². The summed E-state index contributed by atoms with van der Waals surface area (Å²) in [7, 11) is 1.49. The molecule has 21 heavy (non-hydrogen) atoms. The molecule has 0 unspecified atom stereocenters. The molecule has 2 aromatic rings. The van der Waals surface area contributed by atoms with Gasteiger partial charge < -0.3 is 25.3 Å². The quantitative estimate of drug-likeness (QED) is 0.846. The van der Waals surface area contributed by atoms with Crippen LogP contribution in [-0.4, -0.2) is 19.8 Å². The molecule has 0 saturated heterocycles. The molecule has 0 atom stereocenters. The molecule has 6 heteroatoms. The first-order valence-corrected chi connectivity index (χ1v) is 6.32. The maximum atomic E-state index is 12.4. The maximum Gasteiger partial charge on any atom is 0.261 e. The average molecular weight is 286 g/mol. The molecule has 3 rings (SSSR count). The molecule has 0 bridgehead atoms. The van der Waals surface area contributed by atoms with Crippen molar-refractivity contribution in [3.63, 3.8) is 0 Å². The Bertz CT molecular complexity index is 700. The van der Waals surface area contributed by atoms with Crippen LogP contribution in [0.15, 0.2) is 36.4 Å². The highest BCUT2D eigenvalue weighted by Gasteiger charge is 2.18. The molecular formula is C15H14N2O4. The molecule has 0 aliphatic carbocycles. The second-order valence-corrected chi connectivity index (χ2v) is 4.45. The first kappa shape index (κ1) is 13.1. The highest BCUT2D eigenvalue weighted by atomic mass is 16.7. The molecule has 3 N–H and O–H groups in total. The zero-order valence-electron chi connectivity index (χ0n) is 11.4. The van der Waals surface area contributed by atoms with E-state index < -0.39 is 0 Å². The zero-order chi connectivity index (χ0) is 14.8. The van der Waals surface area contributed by atoms with Crippen LogP contribution in [0.1, 0.15) is 10.4 Å². The summed E-state index contributed by atoms with van der Waals surface area (Å²) < 4.78 is 15.7. The summed E-state index contributed by atoms with van der Waals surface area (Å²) in [4.78, 5) is 12.4. The van der Waals surface area contributed by atoms with Crippen molar-refractivity contribution in [2.75, 3.05) is 25.0 Å². The Kier molecular flexibility index (Phi) is 3.27. The summed E-state index contributed by atoms with van der Waals surface area (Å²) in [6.07, 6.45) is 0. The first-order chi connectivity index (χ1) is 10.2. The predicted octanol–water partition coefficient (Wildman–Crippen LogP) is 2.26. The van der Waals surface area contributed by atoms with Crippen LogP contribution < -0.4 is 25.3 Å². The lowest BCUT2D eigenvalue weighted by Crippen LogP contribution is -2.15. The Morgan fingerprint density at radius 2 is 2.05 bits per heavy atom. The second kappa shape index (κ2) is 5.24. The number of nitrogens with one attached hydrogen (secondary N) is 1. The van der Waals surface area contributed by atoms with Crippen molar-refractivity contribution in [1.82, 2.24) is 0 Å². The van der Waals surface area contributed by atoms with E-state index in [2.05, 4.69) is 5.32 Å². The third-order valence-corrected chi connectivity index (χ3v) is 3.14. The number of rotatable bonds is 3. The highest BCUT2D eigenvalue weighted by molar-refractivity contribution is 6.09. The molecule has 6 nitrogen and oxygen atoms in total. The van der Waals surface area contributed by atoms with Crippen LogP contribution >= 0.6 is 0 Å². The van der Waals surface area contributed by atoms with Gasteiger partial charge in [-0.05, 0) is 24.3 Å². The van der Waals surface area contributed by atoms with E-state index in [1.165, 1.54) is 7.11 Å². The SMILES string of the molecule is COc1cccc(N)c1C(=O)Nc1ccc2c(c1)OCO2. The number of anilines is 2. The number of benzene rings is 2. The number of hydrogen-bond acceptors (Lipinski definition) is 5. The topological polar surface area (TPSA) is 82.8 Å². The molecule has 1 amide bonds. The number of nitrogens with two attached hydrogens (primary N) is 1. The number of hydrogen-bond donors (Lipinski definition) is 2. The summed E-state index contributed by atoms with van der Waals surface area (Å²) in [5, 5.41) is 2.77. The largest absolute Gasteiger partial charge is 0.496 e. The van der Waals surface area contributed by atoms with E-state index in [0.29, 0.717) is 34.2 Å². The smallest absolute Gasteiger partial charge is 0.261 e. The van der Waals surface area contributed by atoms with E-state index in [0.717, 1.165) is 0 Å². The third kappa shape index (κ3) is 2.43. The predicted molar refractivity (Wildman–Crippen MR) is 77.9 cm³/mol. The van der Waals surface area contributed by atoms with Crippen molar-refractivity contribution < 1.29 is 19.0 Å². The molecule has 0 radical (unpaired) electrons. The zero-order valence-corrected chi connectivity index (χ0v) is 11.4. The monoisotopic (exact) mass is 286 g/mol. The molecule has 0 fully saturated rings. The Labute approximate surface area is 121 Å². The number of nitrogen functional groups attached to an aromatic ring is 1. The van der Waals surface area contributed by atoms with Crippen molar-refractivity contribution >= 4 is 17.3 Å². The van der Waals surface area contributed by atoms with Crippen LogP contribution in [-0.2, 0) is 0 Å². The Hall–Kier alpha value is -2.89. The first-order valence-electron chi connectivity index (χ1n) is 6.32. The van der Waals surface area contributed by atoms with E-state index in [4.69, 9.17) is 19.9 Å². The van der Waals surface area contributed by atoms with Gasteiger partial charge in [-0.15, -0.1) is 0 Å². The number of amides is 1. The number of carbonyl (C=O) groups is 1. The van der Waals surface area contributed by atoms with Gasteiger partial charge in [0.25, 0.3) is 5.91 Å². The van der Waals surface area contributed by atoms with Crippen LogP contribution in [0.5, 0.6) is 17.2 Å². The van der Waals surface area contributed by atoms with Gasteiger partial charge in [-0.1, -0.05) is 6.07 Å². The summed E-state index contributed by atoms with van der Waals surface area (Å²) in [6.45, 7) is 0.187. The molecule has 108 valence electrons. The van der Waals surface area contributed by atoms with Gasteiger partial charge in [0, 0.05) is 17.4 Å². The molecule has 0 spiro atoms. The Balaban J connectivity index is 1.87. The molecule has 1 heterocycles. The van der Waals surface area contributed by atoms with Crippen LogP contribution in [0, 0.1) is 0 Å². The van der Waals surface area contributed by atoms with Gasteiger partial charge >= 0.3 is 0 Å². The third-order valence-electron chi connectivity index (χ3n) is 3.14. The summed E-state index contributed by atoms with van der Waals surface area (Å²) >= 11 is 0. The number of carbonyl (C=O) groups excluding carboxylic acids is 1. The average Bonchev–Trinajstić information content (AvgIpc) is 2.94. The highest BCUT2D eigenvalue weighted by Crippen LogP contribution is 2.34. The van der Waals surface area contributed by atoms with Crippen molar-refractivity contribution in [2.24, 2.45) is 0 Å². The van der Waals surface area contributed by atoms with Crippen LogP contribution in [0.3, 0.4) is 0 Å². The van der Waals surface area contributed by atoms with Crippen LogP contribution in [0.4, 0.5) is 11.4 Å². The molecule has 0 aromatic heterocycles. The van der Waals surface area contributed by atoms with Gasteiger partial charge in [-0.3, -0.25) is 4.79 Å². The second-order valence-electron chi connectivity index (χ2n) is 4.45. The lowest BCUT2D eigenvalue weighted by Gasteiger charge is -2.11. The normalized spacial score (nSPS) is 12.0. The minimum absolute atomic E-state index is 0.187. The molecule has 2 aromatic carbocycles. The molecular weight excluding hydrogens is 272 g/mol. The van der Waals surface area contributed by atoms with E-state index in [9.17, 15) is 4.79 Å². The summed E-state index contributed by atoms with van der Waals surface area (Å²) in [6, 6.07) is 10.2. The summed E-state index contributed by atoms with van der Waals surface area (Å²) in [5.74, 6) is 1.34. The standard InChI is InChI=1S/C15H14N2O4/c1-19-12-4-2-3-10(16)14(12)15(18)17-9-5-6-11-13(7-9)21-8-20-11/h2-7H,8,16H2,1H3,(H,17,18). The molecule has 0 saturated carbocycles. The Morgan fingerprint density at radius 1 is 1.24 bits per heavy atom. The van der Waals surface area contributed by atoms with Crippen molar-refractivity contribution in [1.29, 1.82) is 0 Å². The van der Waals surface area contributed by atoms with Gasteiger partial charge in [-0.25, -0.2) is 0 Å². The van der Waals surface area contributed by atoms with E-state index >= 15 is 0 Å². The van der Waals surface area contributed by atoms with Gasteiger partial charge in [0.1, 0.15) is 11.3 Å². The van der Waals surface area contributed by atoms with E-state index in [1.807, 2.05) is 0 Å². The summed E-state index contributed by atoms with van der Waals surface area (Å²) in [5.41, 5.74) is 7.11. The lowest BCUT2D eigenvalue weighted by molar-refractivity contribution is 0.102. The van der Waals surface area contributed by atoms with E-state index in [1.54, 1.807) is 36.4 Å². The van der Waals surface area contributed by atoms with Gasteiger partial charge in [-0.2, -0.15) is 0 Å². The number of methoxy groups -OCH3 is 1. The maximum absolute atomic E-state index is 12.4. The van der Waals surface area contributed by atoms with Crippen molar-refractivity contribution in [2.45, 2.75) is 0 Å².